The number of hydrogen-bond acceptors (Lipinski definition) is 7. The summed E-state index contributed by atoms with van der Waals surface area (Å²) in [6.45, 7) is 1.27. The van der Waals surface area contributed by atoms with Crippen LogP contribution < -0.4 is 10.2 Å². The Balaban J connectivity index is 1.82. The van der Waals surface area contributed by atoms with Gasteiger partial charge in [-0.2, -0.15) is 15.2 Å². The van der Waals surface area contributed by atoms with Gasteiger partial charge in [0.25, 0.3) is 0 Å². The number of hydrogen-bond donors (Lipinski definition) is 2. The van der Waals surface area contributed by atoms with Gasteiger partial charge in [-0.25, -0.2) is 4.98 Å². The molecule has 2 aromatic heterocycles. The first-order valence-corrected chi connectivity index (χ1v) is 8.22. The molecule has 7 heteroatoms. The van der Waals surface area contributed by atoms with Crippen LogP contribution in [0.1, 0.15) is 5.56 Å². The van der Waals surface area contributed by atoms with E-state index in [4.69, 9.17) is 10.1 Å². The van der Waals surface area contributed by atoms with Gasteiger partial charge < -0.3 is 15.3 Å². The molecule has 0 spiro atoms. The van der Waals surface area contributed by atoms with Crippen molar-refractivity contribution in [2.45, 2.75) is 6.42 Å². The minimum absolute atomic E-state index is 0.0228. The molecule has 2 N–H and O–H groups in total. The maximum absolute atomic E-state index is 9.09. The van der Waals surface area contributed by atoms with Crippen molar-refractivity contribution < 1.29 is 5.11 Å². The number of anilines is 3. The molecule has 0 fully saturated rings. The Hall–Kier alpha value is -3.06. The minimum Gasteiger partial charge on any atom is -0.395 e. The number of aliphatic hydroxyl groups excluding tert-OH is 1. The summed E-state index contributed by atoms with van der Waals surface area (Å²) in [6, 6.07) is 12.1. The molecule has 0 atom stereocenters. The van der Waals surface area contributed by atoms with E-state index < -0.39 is 0 Å². The quantitative estimate of drug-likeness (QED) is 0.738. The van der Waals surface area contributed by atoms with E-state index in [0.717, 1.165) is 41.3 Å². The van der Waals surface area contributed by atoms with Crippen molar-refractivity contribution >= 4 is 17.5 Å². The fraction of sp³-hybridized carbons (Fsp3) is 0.222. The van der Waals surface area contributed by atoms with Crippen molar-refractivity contribution in [1.82, 2.24) is 20.2 Å². The van der Waals surface area contributed by atoms with Crippen LogP contribution in [0.4, 0.5) is 17.5 Å². The van der Waals surface area contributed by atoms with Gasteiger partial charge in [0.2, 0.25) is 5.95 Å². The highest BCUT2D eigenvalue weighted by atomic mass is 16.3. The van der Waals surface area contributed by atoms with Crippen LogP contribution in [-0.4, -0.2) is 45.0 Å². The molecule has 0 saturated carbocycles. The van der Waals surface area contributed by atoms with Crippen molar-refractivity contribution in [1.29, 1.82) is 0 Å². The number of para-hydroxylation sites is 1. The molecular weight excluding hydrogens is 316 g/mol. The zero-order chi connectivity index (χ0) is 17.1. The molecule has 0 amide bonds. The van der Waals surface area contributed by atoms with Gasteiger partial charge in [-0.3, -0.25) is 0 Å². The molecule has 1 aliphatic heterocycles. The highest BCUT2D eigenvalue weighted by molar-refractivity contribution is 5.76. The Bertz CT molecular complexity index is 856. The molecule has 0 radical (unpaired) electrons. The molecular formula is C18H18N6O. The normalized spacial score (nSPS) is 12.9. The van der Waals surface area contributed by atoms with Gasteiger partial charge in [-0.15, -0.1) is 0 Å². The van der Waals surface area contributed by atoms with E-state index in [1.165, 1.54) is 0 Å². The van der Waals surface area contributed by atoms with Crippen molar-refractivity contribution in [3.8, 4) is 11.3 Å². The molecule has 1 aromatic carbocycles. The van der Waals surface area contributed by atoms with E-state index in [0.29, 0.717) is 12.5 Å². The first-order chi connectivity index (χ1) is 12.4. The van der Waals surface area contributed by atoms with Gasteiger partial charge in [0.05, 0.1) is 24.7 Å². The fourth-order valence-corrected chi connectivity index (χ4v) is 3.03. The number of rotatable bonds is 5. The molecule has 0 bridgehead atoms. The summed E-state index contributed by atoms with van der Waals surface area (Å²) in [6.07, 6.45) is 4.24. The predicted molar refractivity (Wildman–Crippen MR) is 95.8 cm³/mol. The van der Waals surface area contributed by atoms with Gasteiger partial charge in [0, 0.05) is 29.9 Å². The lowest BCUT2D eigenvalue weighted by Crippen LogP contribution is -2.16. The molecule has 0 unspecified atom stereocenters. The van der Waals surface area contributed by atoms with Crippen LogP contribution in [0.5, 0.6) is 0 Å². The summed E-state index contributed by atoms with van der Waals surface area (Å²) in [5, 5.41) is 20.0. The molecule has 3 aromatic rings. The van der Waals surface area contributed by atoms with E-state index in [1.54, 1.807) is 12.4 Å². The summed E-state index contributed by atoms with van der Waals surface area (Å²) in [4.78, 5) is 11.5. The highest BCUT2D eigenvalue weighted by Gasteiger charge is 2.27. The summed E-state index contributed by atoms with van der Waals surface area (Å²) in [5.41, 5.74) is 3.98. The molecule has 126 valence electrons. The zero-order valence-corrected chi connectivity index (χ0v) is 13.6. The number of benzene rings is 1. The van der Waals surface area contributed by atoms with E-state index in [9.17, 15) is 0 Å². The standard InChI is InChI=1S/C18H18N6O/c25-11-9-19-18-22-16(13-6-8-20-21-12-13)15-7-10-24(17(15)23-18)14-4-2-1-3-5-14/h1-6,8,12,25H,7,9-11H2,(H,19,22,23). The number of aliphatic hydroxyl groups is 1. The van der Waals surface area contributed by atoms with Crippen molar-refractivity contribution in [3.63, 3.8) is 0 Å². The molecule has 3 heterocycles. The Morgan fingerprint density at radius 1 is 1.08 bits per heavy atom. The zero-order valence-electron chi connectivity index (χ0n) is 13.6. The lowest BCUT2D eigenvalue weighted by molar-refractivity contribution is 0.311. The second kappa shape index (κ2) is 6.82. The van der Waals surface area contributed by atoms with Gasteiger partial charge in [-0.05, 0) is 24.6 Å². The van der Waals surface area contributed by atoms with Crippen molar-refractivity contribution in [3.05, 3.63) is 54.4 Å². The Labute approximate surface area is 145 Å². The summed E-state index contributed by atoms with van der Waals surface area (Å²) in [5.74, 6) is 1.40. The first-order valence-electron chi connectivity index (χ1n) is 8.22. The molecule has 25 heavy (non-hydrogen) atoms. The molecule has 1 aliphatic rings. The van der Waals surface area contributed by atoms with E-state index in [1.807, 2.05) is 24.3 Å². The lowest BCUT2D eigenvalue weighted by Gasteiger charge is -2.19. The van der Waals surface area contributed by atoms with E-state index >= 15 is 0 Å². The Morgan fingerprint density at radius 2 is 1.96 bits per heavy atom. The van der Waals surface area contributed by atoms with Crippen LogP contribution in [0.25, 0.3) is 11.3 Å². The van der Waals surface area contributed by atoms with Gasteiger partial charge >= 0.3 is 0 Å². The van der Waals surface area contributed by atoms with Crippen LogP contribution >= 0.6 is 0 Å². The average molecular weight is 334 g/mol. The smallest absolute Gasteiger partial charge is 0.225 e. The van der Waals surface area contributed by atoms with Crippen molar-refractivity contribution in [2.24, 2.45) is 0 Å². The van der Waals surface area contributed by atoms with Crippen LogP contribution in [0.2, 0.25) is 0 Å². The van der Waals surface area contributed by atoms with Crippen molar-refractivity contribution in [2.75, 3.05) is 29.9 Å². The maximum atomic E-state index is 9.09. The predicted octanol–water partition coefficient (Wildman–Crippen LogP) is 2.03. The van der Waals surface area contributed by atoms with Crippen LogP contribution in [-0.2, 0) is 6.42 Å². The monoisotopic (exact) mass is 334 g/mol. The molecule has 0 saturated heterocycles. The van der Waals surface area contributed by atoms with Gasteiger partial charge in [0.1, 0.15) is 5.82 Å². The van der Waals surface area contributed by atoms with Crippen LogP contribution in [0.15, 0.2) is 48.8 Å². The fourth-order valence-electron chi connectivity index (χ4n) is 3.03. The maximum Gasteiger partial charge on any atom is 0.225 e. The topological polar surface area (TPSA) is 87.1 Å². The van der Waals surface area contributed by atoms with Gasteiger partial charge in [0.15, 0.2) is 0 Å². The number of nitrogens with one attached hydrogen (secondary N) is 1. The second-order valence-electron chi connectivity index (χ2n) is 5.72. The van der Waals surface area contributed by atoms with E-state index in [2.05, 4.69) is 37.5 Å². The summed E-state index contributed by atoms with van der Waals surface area (Å²) >= 11 is 0. The van der Waals surface area contributed by atoms with Crippen LogP contribution in [0, 0.1) is 0 Å². The SMILES string of the molecule is OCCNc1nc(-c2ccnnc2)c2c(n1)N(c1ccccc1)CC2. The third-order valence-electron chi connectivity index (χ3n) is 4.15. The molecule has 0 aliphatic carbocycles. The number of fused-ring (bicyclic) bond motifs is 1. The first kappa shape index (κ1) is 15.5. The minimum atomic E-state index is 0.0228. The number of nitrogens with zero attached hydrogens (tertiary/aromatic N) is 5. The highest BCUT2D eigenvalue weighted by Crippen LogP contribution is 2.38. The largest absolute Gasteiger partial charge is 0.395 e. The summed E-state index contributed by atoms with van der Waals surface area (Å²) < 4.78 is 0. The molecule has 7 nitrogen and oxygen atoms in total. The second-order valence-corrected chi connectivity index (χ2v) is 5.72. The summed E-state index contributed by atoms with van der Waals surface area (Å²) in [7, 11) is 0. The molecule has 4 rings (SSSR count). The Morgan fingerprint density at radius 3 is 2.72 bits per heavy atom. The van der Waals surface area contributed by atoms with E-state index in [-0.39, 0.29) is 6.61 Å². The lowest BCUT2D eigenvalue weighted by atomic mass is 10.1. The number of aromatic nitrogens is 4. The third kappa shape index (κ3) is 3.01. The van der Waals surface area contributed by atoms with Crippen LogP contribution in [0.3, 0.4) is 0 Å². The van der Waals surface area contributed by atoms with Gasteiger partial charge in [-0.1, -0.05) is 18.2 Å². The Kier molecular flexibility index (Phi) is 4.22. The third-order valence-corrected chi connectivity index (χ3v) is 4.15. The average Bonchev–Trinajstić information content (AvgIpc) is 3.11.